The molecule has 5 rings (SSSR count). The van der Waals surface area contributed by atoms with E-state index in [0.29, 0.717) is 5.57 Å². The summed E-state index contributed by atoms with van der Waals surface area (Å²) in [6.45, 7) is 0. The van der Waals surface area contributed by atoms with Crippen molar-refractivity contribution in [1.29, 1.82) is 5.26 Å². The highest BCUT2D eigenvalue weighted by molar-refractivity contribution is 6.24. The fourth-order valence-electron chi connectivity index (χ4n) is 3.84. The zero-order valence-electron chi connectivity index (χ0n) is 14.1. The molecule has 0 fully saturated rings. The molecule has 0 aliphatic rings. The van der Waals surface area contributed by atoms with E-state index >= 15 is 0 Å². The van der Waals surface area contributed by atoms with Crippen LogP contribution in [0.25, 0.3) is 44.0 Å². The van der Waals surface area contributed by atoms with Gasteiger partial charge in [0.1, 0.15) is 0 Å². The molecule has 1 heteroatoms. The number of allylic oxidation sites excluding steroid dienone is 1. The Morgan fingerprint density at radius 1 is 0.654 bits per heavy atom. The van der Waals surface area contributed by atoms with Crippen LogP contribution >= 0.6 is 0 Å². The SMILES string of the molecule is N#C/C(=C\c1ccc2ccc3cccc4ccc1c2c34)c1ccccc1. The molecule has 0 amide bonds. The van der Waals surface area contributed by atoms with Gasteiger partial charge >= 0.3 is 0 Å². The molecule has 0 saturated heterocycles. The molecule has 0 bridgehead atoms. The lowest BCUT2D eigenvalue weighted by Gasteiger charge is -2.12. The van der Waals surface area contributed by atoms with Gasteiger partial charge in [0.2, 0.25) is 0 Å². The molecule has 120 valence electrons. The molecule has 5 aromatic rings. The first-order valence-electron chi connectivity index (χ1n) is 8.69. The van der Waals surface area contributed by atoms with Crippen LogP contribution in [0.3, 0.4) is 0 Å². The van der Waals surface area contributed by atoms with Crippen molar-refractivity contribution < 1.29 is 0 Å². The summed E-state index contributed by atoms with van der Waals surface area (Å²) in [6.07, 6.45) is 2.00. The van der Waals surface area contributed by atoms with Gasteiger partial charge in [0.25, 0.3) is 0 Å². The van der Waals surface area contributed by atoms with Gasteiger partial charge in [-0.25, -0.2) is 0 Å². The quantitative estimate of drug-likeness (QED) is 0.202. The normalized spacial score (nSPS) is 12.0. The number of benzene rings is 5. The highest BCUT2D eigenvalue weighted by Crippen LogP contribution is 2.36. The van der Waals surface area contributed by atoms with E-state index in [1.807, 2.05) is 36.4 Å². The second-order valence-electron chi connectivity index (χ2n) is 6.55. The molecular weight excluding hydrogens is 314 g/mol. The lowest BCUT2D eigenvalue weighted by molar-refractivity contribution is 1.52. The summed E-state index contributed by atoms with van der Waals surface area (Å²) >= 11 is 0. The van der Waals surface area contributed by atoms with Crippen LogP contribution < -0.4 is 0 Å². The fourth-order valence-corrected chi connectivity index (χ4v) is 3.84. The zero-order valence-corrected chi connectivity index (χ0v) is 14.1. The van der Waals surface area contributed by atoms with Crippen molar-refractivity contribution in [3.05, 3.63) is 96.1 Å². The van der Waals surface area contributed by atoms with Crippen LogP contribution in [-0.2, 0) is 0 Å². The Labute approximate surface area is 151 Å². The molecule has 0 aliphatic heterocycles. The first-order valence-corrected chi connectivity index (χ1v) is 8.69. The van der Waals surface area contributed by atoms with E-state index in [1.54, 1.807) is 0 Å². The minimum Gasteiger partial charge on any atom is -0.192 e. The topological polar surface area (TPSA) is 23.8 Å². The zero-order chi connectivity index (χ0) is 17.5. The third-order valence-electron chi connectivity index (χ3n) is 5.07. The van der Waals surface area contributed by atoms with E-state index in [0.717, 1.165) is 11.1 Å². The van der Waals surface area contributed by atoms with Crippen LogP contribution in [0, 0.1) is 11.3 Å². The predicted molar refractivity (Wildman–Crippen MR) is 110 cm³/mol. The number of nitrogens with zero attached hydrogens (tertiary/aromatic N) is 1. The average Bonchev–Trinajstić information content (AvgIpc) is 2.71. The summed E-state index contributed by atoms with van der Waals surface area (Å²) in [5.41, 5.74) is 2.71. The van der Waals surface area contributed by atoms with Gasteiger partial charge in [-0.05, 0) is 49.5 Å². The second kappa shape index (κ2) is 5.72. The highest BCUT2D eigenvalue weighted by atomic mass is 14.2. The van der Waals surface area contributed by atoms with Crippen LogP contribution in [0.4, 0.5) is 0 Å². The molecule has 0 atom stereocenters. The number of hydrogen-bond donors (Lipinski definition) is 0. The van der Waals surface area contributed by atoms with Crippen molar-refractivity contribution in [2.45, 2.75) is 0 Å². The lowest BCUT2D eigenvalue weighted by atomic mass is 9.91. The van der Waals surface area contributed by atoms with E-state index in [2.05, 4.69) is 60.7 Å². The second-order valence-corrected chi connectivity index (χ2v) is 6.55. The minimum atomic E-state index is 0.681. The van der Waals surface area contributed by atoms with E-state index in [-0.39, 0.29) is 0 Å². The van der Waals surface area contributed by atoms with Crippen molar-refractivity contribution >= 4 is 44.0 Å². The molecule has 0 spiro atoms. The van der Waals surface area contributed by atoms with Gasteiger partial charge < -0.3 is 0 Å². The molecule has 0 aliphatic carbocycles. The van der Waals surface area contributed by atoms with Gasteiger partial charge in [-0.2, -0.15) is 5.26 Å². The molecular formula is C25H15N. The van der Waals surface area contributed by atoms with Gasteiger partial charge in [-0.1, -0.05) is 84.9 Å². The van der Waals surface area contributed by atoms with Gasteiger partial charge in [0.05, 0.1) is 11.6 Å². The smallest absolute Gasteiger partial charge is 0.0998 e. The van der Waals surface area contributed by atoms with Crippen LogP contribution in [0.2, 0.25) is 0 Å². The van der Waals surface area contributed by atoms with Gasteiger partial charge in [0.15, 0.2) is 0 Å². The van der Waals surface area contributed by atoms with Crippen LogP contribution in [0.5, 0.6) is 0 Å². The highest BCUT2D eigenvalue weighted by Gasteiger charge is 2.10. The van der Waals surface area contributed by atoms with Crippen molar-refractivity contribution in [2.75, 3.05) is 0 Å². The molecule has 0 radical (unpaired) electrons. The Bertz CT molecular complexity index is 1310. The number of hydrogen-bond acceptors (Lipinski definition) is 1. The Morgan fingerprint density at radius 3 is 2.04 bits per heavy atom. The molecule has 26 heavy (non-hydrogen) atoms. The minimum absolute atomic E-state index is 0.681. The molecule has 0 unspecified atom stereocenters. The first kappa shape index (κ1) is 14.7. The number of rotatable bonds is 2. The summed E-state index contributed by atoms with van der Waals surface area (Å²) < 4.78 is 0. The van der Waals surface area contributed by atoms with Crippen molar-refractivity contribution in [1.82, 2.24) is 0 Å². The molecule has 0 aromatic heterocycles. The summed E-state index contributed by atoms with van der Waals surface area (Å²) in [6, 6.07) is 31.6. The largest absolute Gasteiger partial charge is 0.192 e. The maximum absolute atomic E-state index is 9.67. The summed E-state index contributed by atoms with van der Waals surface area (Å²) in [4.78, 5) is 0. The van der Waals surface area contributed by atoms with Gasteiger partial charge in [-0.3, -0.25) is 0 Å². The van der Waals surface area contributed by atoms with Crippen molar-refractivity contribution in [3.63, 3.8) is 0 Å². The Balaban J connectivity index is 1.84. The van der Waals surface area contributed by atoms with Crippen LogP contribution in [0.1, 0.15) is 11.1 Å². The maximum Gasteiger partial charge on any atom is 0.0998 e. The fraction of sp³-hybridized carbons (Fsp3) is 0. The van der Waals surface area contributed by atoms with Crippen LogP contribution in [0.15, 0.2) is 84.9 Å². The molecule has 1 nitrogen and oxygen atoms in total. The van der Waals surface area contributed by atoms with Gasteiger partial charge in [-0.15, -0.1) is 0 Å². The van der Waals surface area contributed by atoms with E-state index in [9.17, 15) is 5.26 Å². The monoisotopic (exact) mass is 329 g/mol. The summed E-state index contributed by atoms with van der Waals surface area (Å²) in [5, 5.41) is 17.2. The maximum atomic E-state index is 9.67. The lowest BCUT2D eigenvalue weighted by Crippen LogP contribution is -1.87. The third kappa shape index (κ3) is 2.17. The molecule has 0 heterocycles. The van der Waals surface area contributed by atoms with Crippen molar-refractivity contribution in [2.24, 2.45) is 0 Å². The predicted octanol–water partition coefficient (Wildman–Crippen LogP) is 6.65. The van der Waals surface area contributed by atoms with E-state index < -0.39 is 0 Å². The average molecular weight is 329 g/mol. The summed E-state index contributed by atoms with van der Waals surface area (Å²) in [5.74, 6) is 0. The molecule has 0 N–H and O–H groups in total. The third-order valence-corrected chi connectivity index (χ3v) is 5.07. The van der Waals surface area contributed by atoms with E-state index in [4.69, 9.17) is 0 Å². The van der Waals surface area contributed by atoms with Crippen LogP contribution in [-0.4, -0.2) is 0 Å². The van der Waals surface area contributed by atoms with Gasteiger partial charge in [0, 0.05) is 0 Å². The van der Waals surface area contributed by atoms with Crippen molar-refractivity contribution in [3.8, 4) is 6.07 Å². The molecule has 5 aromatic carbocycles. The summed E-state index contributed by atoms with van der Waals surface area (Å²) in [7, 11) is 0. The number of nitriles is 1. The van der Waals surface area contributed by atoms with E-state index in [1.165, 1.54) is 32.3 Å². The first-order chi connectivity index (χ1) is 12.8. The Kier molecular flexibility index (Phi) is 3.23. The standard InChI is InChI=1S/C25H15N/c26-16-22(17-5-2-1-3-6-17)15-21-12-11-20-10-9-18-7-4-8-19-13-14-23(21)25(20)24(18)19/h1-15H/b22-15+. The molecule has 0 saturated carbocycles. The Morgan fingerprint density at radius 2 is 1.31 bits per heavy atom. The Hall–Kier alpha value is -3.63.